The maximum Gasteiger partial charge on any atom is 0.343 e. The lowest BCUT2D eigenvalue weighted by molar-refractivity contribution is -0.120. The molecule has 162 valence electrons. The maximum atomic E-state index is 12.1. The SMILES string of the molecule is Cc1cccc(C(=O)NCC(=O)N/N=C/c2ccc(OC(=O)c3ccc(Cl)cc3)cc2)c1. The number of hydrogen-bond acceptors (Lipinski definition) is 5. The van der Waals surface area contributed by atoms with E-state index in [1.165, 1.54) is 6.21 Å². The third-order valence-electron chi connectivity index (χ3n) is 4.26. The molecule has 0 atom stereocenters. The van der Waals surface area contributed by atoms with E-state index in [-0.39, 0.29) is 12.5 Å². The summed E-state index contributed by atoms with van der Waals surface area (Å²) in [6.07, 6.45) is 1.44. The molecule has 3 aromatic carbocycles. The molecule has 0 heterocycles. The standard InChI is InChI=1S/C24H20ClN3O4/c1-16-3-2-4-19(13-16)23(30)26-15-22(29)28-27-14-17-5-11-21(12-6-17)32-24(31)18-7-9-20(25)10-8-18/h2-14H,15H2,1H3,(H,26,30)(H,28,29)/b27-14+. The summed E-state index contributed by atoms with van der Waals surface area (Å²) in [5.41, 5.74) is 4.85. The molecule has 8 heteroatoms. The van der Waals surface area contributed by atoms with Crippen LogP contribution in [0.3, 0.4) is 0 Å². The maximum absolute atomic E-state index is 12.1. The lowest BCUT2D eigenvalue weighted by Gasteiger charge is -2.05. The van der Waals surface area contributed by atoms with E-state index in [4.69, 9.17) is 16.3 Å². The van der Waals surface area contributed by atoms with Gasteiger partial charge in [-0.2, -0.15) is 5.10 Å². The fourth-order valence-electron chi connectivity index (χ4n) is 2.64. The molecule has 3 rings (SSSR count). The van der Waals surface area contributed by atoms with Gasteiger partial charge >= 0.3 is 5.97 Å². The molecule has 0 fully saturated rings. The Kier molecular flexibility index (Phi) is 7.72. The van der Waals surface area contributed by atoms with Gasteiger partial charge in [-0.3, -0.25) is 9.59 Å². The van der Waals surface area contributed by atoms with Gasteiger partial charge in [0.2, 0.25) is 0 Å². The molecule has 2 amide bonds. The number of hydrazone groups is 1. The van der Waals surface area contributed by atoms with Crippen molar-refractivity contribution in [1.82, 2.24) is 10.7 Å². The molecular weight excluding hydrogens is 430 g/mol. The lowest BCUT2D eigenvalue weighted by Crippen LogP contribution is -2.34. The van der Waals surface area contributed by atoms with Gasteiger partial charge in [-0.25, -0.2) is 10.2 Å². The lowest BCUT2D eigenvalue weighted by atomic mass is 10.1. The molecule has 3 aromatic rings. The van der Waals surface area contributed by atoms with Gasteiger partial charge in [-0.15, -0.1) is 0 Å². The number of nitrogens with one attached hydrogen (secondary N) is 2. The number of esters is 1. The Morgan fingerprint density at radius 1 is 0.969 bits per heavy atom. The van der Waals surface area contributed by atoms with Crippen molar-refractivity contribution in [2.75, 3.05) is 6.54 Å². The van der Waals surface area contributed by atoms with Gasteiger partial charge in [0, 0.05) is 10.6 Å². The van der Waals surface area contributed by atoms with E-state index < -0.39 is 11.9 Å². The molecule has 0 saturated heterocycles. The number of aryl methyl sites for hydroxylation is 1. The molecule has 2 N–H and O–H groups in total. The molecule has 0 spiro atoms. The second-order valence-corrected chi connectivity index (χ2v) is 7.25. The van der Waals surface area contributed by atoms with Crippen molar-refractivity contribution in [2.24, 2.45) is 5.10 Å². The first-order valence-electron chi connectivity index (χ1n) is 9.65. The summed E-state index contributed by atoms with van der Waals surface area (Å²) in [5, 5.41) is 6.93. The minimum absolute atomic E-state index is 0.205. The Labute approximate surface area is 190 Å². The van der Waals surface area contributed by atoms with E-state index in [9.17, 15) is 14.4 Å². The summed E-state index contributed by atoms with van der Waals surface area (Å²) < 4.78 is 5.30. The van der Waals surface area contributed by atoms with Crippen LogP contribution in [0.2, 0.25) is 5.02 Å². The van der Waals surface area contributed by atoms with Crippen molar-refractivity contribution in [1.29, 1.82) is 0 Å². The van der Waals surface area contributed by atoms with Gasteiger partial charge in [-0.05, 0) is 73.2 Å². The zero-order valence-electron chi connectivity index (χ0n) is 17.2. The van der Waals surface area contributed by atoms with Crippen LogP contribution >= 0.6 is 11.6 Å². The van der Waals surface area contributed by atoms with E-state index in [0.29, 0.717) is 27.5 Å². The predicted molar refractivity (Wildman–Crippen MR) is 122 cm³/mol. The van der Waals surface area contributed by atoms with E-state index in [2.05, 4.69) is 15.8 Å². The first-order valence-corrected chi connectivity index (χ1v) is 10.0. The summed E-state index contributed by atoms with van der Waals surface area (Å²) in [5.74, 6) is -0.930. The molecular formula is C24H20ClN3O4. The van der Waals surface area contributed by atoms with E-state index in [0.717, 1.165) is 5.56 Å². The summed E-state index contributed by atoms with van der Waals surface area (Å²) in [7, 11) is 0. The first kappa shape index (κ1) is 22.7. The number of rotatable bonds is 7. The quantitative estimate of drug-likeness (QED) is 0.248. The highest BCUT2D eigenvalue weighted by atomic mass is 35.5. The number of hydrogen-bond donors (Lipinski definition) is 2. The Bertz CT molecular complexity index is 1140. The van der Waals surface area contributed by atoms with Crippen LogP contribution in [0.5, 0.6) is 5.75 Å². The summed E-state index contributed by atoms with van der Waals surface area (Å²) in [6, 6.07) is 20.0. The van der Waals surface area contributed by atoms with Crippen molar-refractivity contribution >= 4 is 35.6 Å². The molecule has 7 nitrogen and oxygen atoms in total. The van der Waals surface area contributed by atoms with Crippen LogP contribution in [-0.2, 0) is 4.79 Å². The van der Waals surface area contributed by atoms with Crippen LogP contribution < -0.4 is 15.5 Å². The third-order valence-corrected chi connectivity index (χ3v) is 4.52. The topological polar surface area (TPSA) is 96.9 Å². The number of benzene rings is 3. The second-order valence-electron chi connectivity index (χ2n) is 6.81. The second kappa shape index (κ2) is 10.9. The molecule has 0 aliphatic heterocycles. The van der Waals surface area contributed by atoms with Crippen LogP contribution in [0.1, 0.15) is 31.8 Å². The molecule has 0 bridgehead atoms. The van der Waals surface area contributed by atoms with Crippen LogP contribution in [-0.4, -0.2) is 30.5 Å². The van der Waals surface area contributed by atoms with Crippen LogP contribution in [0.15, 0.2) is 77.9 Å². The average Bonchev–Trinajstić information content (AvgIpc) is 2.79. The zero-order valence-corrected chi connectivity index (χ0v) is 17.9. The molecule has 0 aliphatic carbocycles. The normalized spacial score (nSPS) is 10.6. The van der Waals surface area contributed by atoms with Gasteiger partial charge in [0.15, 0.2) is 0 Å². The van der Waals surface area contributed by atoms with Crippen LogP contribution in [0.25, 0.3) is 0 Å². The highest BCUT2D eigenvalue weighted by Gasteiger charge is 2.09. The smallest absolute Gasteiger partial charge is 0.343 e. The van der Waals surface area contributed by atoms with Crippen molar-refractivity contribution in [3.63, 3.8) is 0 Å². The molecule has 0 saturated carbocycles. The van der Waals surface area contributed by atoms with Crippen LogP contribution in [0.4, 0.5) is 0 Å². The van der Waals surface area contributed by atoms with E-state index in [1.54, 1.807) is 66.7 Å². The number of carbonyl (C=O) groups excluding carboxylic acids is 3. The first-order chi connectivity index (χ1) is 15.4. The molecule has 0 aliphatic rings. The monoisotopic (exact) mass is 449 g/mol. The van der Waals surface area contributed by atoms with Gasteiger partial charge < -0.3 is 10.1 Å². The van der Waals surface area contributed by atoms with Crippen molar-refractivity contribution in [2.45, 2.75) is 6.92 Å². The number of ether oxygens (including phenoxy) is 1. The Balaban J connectivity index is 1.45. The van der Waals surface area contributed by atoms with Crippen molar-refractivity contribution < 1.29 is 19.1 Å². The summed E-state index contributed by atoms with van der Waals surface area (Å²) in [4.78, 5) is 36.0. The number of carbonyl (C=O) groups is 3. The Hall–Kier alpha value is -3.97. The average molecular weight is 450 g/mol. The Morgan fingerprint density at radius 2 is 1.69 bits per heavy atom. The van der Waals surface area contributed by atoms with Gasteiger partial charge in [0.25, 0.3) is 11.8 Å². The van der Waals surface area contributed by atoms with E-state index in [1.807, 2.05) is 13.0 Å². The van der Waals surface area contributed by atoms with Crippen molar-refractivity contribution in [3.05, 3.63) is 100 Å². The number of nitrogens with zero attached hydrogens (tertiary/aromatic N) is 1. The molecule has 0 unspecified atom stereocenters. The summed E-state index contributed by atoms with van der Waals surface area (Å²) in [6.45, 7) is 1.68. The fourth-order valence-corrected chi connectivity index (χ4v) is 2.77. The van der Waals surface area contributed by atoms with Gasteiger partial charge in [0.05, 0.1) is 18.3 Å². The molecule has 0 radical (unpaired) electrons. The minimum atomic E-state index is -0.497. The third kappa shape index (κ3) is 6.78. The number of halogens is 1. The minimum Gasteiger partial charge on any atom is -0.423 e. The fraction of sp³-hybridized carbons (Fsp3) is 0.0833. The zero-order chi connectivity index (χ0) is 22.9. The predicted octanol–water partition coefficient (Wildman–Crippen LogP) is 3.75. The van der Waals surface area contributed by atoms with Gasteiger partial charge in [0.1, 0.15) is 5.75 Å². The molecule has 0 aromatic heterocycles. The van der Waals surface area contributed by atoms with Gasteiger partial charge in [-0.1, -0.05) is 29.3 Å². The molecule has 32 heavy (non-hydrogen) atoms. The van der Waals surface area contributed by atoms with Crippen LogP contribution in [0, 0.1) is 6.92 Å². The largest absolute Gasteiger partial charge is 0.423 e. The number of amides is 2. The highest BCUT2D eigenvalue weighted by Crippen LogP contribution is 2.15. The van der Waals surface area contributed by atoms with Crippen molar-refractivity contribution in [3.8, 4) is 5.75 Å². The Morgan fingerprint density at radius 3 is 2.38 bits per heavy atom. The summed E-state index contributed by atoms with van der Waals surface area (Å²) >= 11 is 5.81. The highest BCUT2D eigenvalue weighted by molar-refractivity contribution is 6.30. The van der Waals surface area contributed by atoms with E-state index >= 15 is 0 Å².